The van der Waals surface area contributed by atoms with Crippen molar-refractivity contribution in [2.45, 2.75) is 13.0 Å². The second kappa shape index (κ2) is 10.0. The van der Waals surface area contributed by atoms with Gasteiger partial charge in [0.05, 0.1) is 26.4 Å². The van der Waals surface area contributed by atoms with E-state index in [4.69, 9.17) is 9.47 Å². The molecule has 0 saturated carbocycles. The Balaban J connectivity index is 1.66. The fraction of sp³-hybridized carbons (Fsp3) is 0.364. The Morgan fingerprint density at radius 2 is 1.83 bits per heavy atom. The number of benzene rings is 2. The van der Waals surface area contributed by atoms with Crippen molar-refractivity contribution in [3.05, 3.63) is 59.7 Å². The number of carbonyl (C=O) groups is 2. The number of anilines is 1. The van der Waals surface area contributed by atoms with Crippen LogP contribution in [0.15, 0.2) is 48.5 Å². The lowest BCUT2D eigenvalue weighted by atomic mass is 10.0. The second-order valence-corrected chi connectivity index (χ2v) is 6.97. The molecule has 1 aliphatic rings. The zero-order chi connectivity index (χ0) is 20.6. The summed E-state index contributed by atoms with van der Waals surface area (Å²) >= 11 is 0. The SMILES string of the molecule is COc1cccc([C@@H](CNC(=O)C(=O)Nc2ccc(C)cc2)N2CCOCC2)c1. The first-order valence-corrected chi connectivity index (χ1v) is 9.68. The Labute approximate surface area is 171 Å². The Bertz CT molecular complexity index is 832. The Morgan fingerprint density at radius 1 is 1.10 bits per heavy atom. The van der Waals surface area contributed by atoms with E-state index in [2.05, 4.69) is 15.5 Å². The molecule has 1 fully saturated rings. The highest BCUT2D eigenvalue weighted by Gasteiger charge is 2.25. The minimum atomic E-state index is -0.680. The highest BCUT2D eigenvalue weighted by atomic mass is 16.5. The molecule has 2 aromatic rings. The molecule has 0 spiro atoms. The number of aryl methyl sites for hydroxylation is 1. The highest BCUT2D eigenvalue weighted by molar-refractivity contribution is 6.39. The highest BCUT2D eigenvalue weighted by Crippen LogP contribution is 2.24. The van der Waals surface area contributed by atoms with E-state index < -0.39 is 11.8 Å². The molecule has 3 rings (SSSR count). The van der Waals surface area contributed by atoms with Crippen LogP contribution in [0, 0.1) is 6.92 Å². The predicted molar refractivity (Wildman–Crippen MR) is 111 cm³/mol. The number of hydrogen-bond donors (Lipinski definition) is 2. The largest absolute Gasteiger partial charge is 0.497 e. The molecule has 1 aliphatic heterocycles. The molecule has 2 aromatic carbocycles. The van der Waals surface area contributed by atoms with Gasteiger partial charge in [-0.2, -0.15) is 0 Å². The van der Waals surface area contributed by atoms with Gasteiger partial charge in [-0.05, 0) is 36.8 Å². The number of nitrogens with zero attached hydrogens (tertiary/aromatic N) is 1. The minimum absolute atomic E-state index is 0.0786. The molecule has 0 bridgehead atoms. The summed E-state index contributed by atoms with van der Waals surface area (Å²) in [6.45, 7) is 5.07. The number of hydrogen-bond acceptors (Lipinski definition) is 5. The van der Waals surface area contributed by atoms with Crippen molar-refractivity contribution in [3.8, 4) is 5.75 Å². The summed E-state index contributed by atoms with van der Waals surface area (Å²) in [4.78, 5) is 26.9. The van der Waals surface area contributed by atoms with Crippen molar-refractivity contribution in [1.29, 1.82) is 0 Å². The zero-order valence-corrected chi connectivity index (χ0v) is 16.8. The van der Waals surface area contributed by atoms with Gasteiger partial charge in [-0.25, -0.2) is 0 Å². The number of amides is 2. The summed E-state index contributed by atoms with van der Waals surface area (Å²) in [5.41, 5.74) is 2.69. The van der Waals surface area contributed by atoms with Gasteiger partial charge in [-0.15, -0.1) is 0 Å². The van der Waals surface area contributed by atoms with Gasteiger partial charge < -0.3 is 20.1 Å². The van der Waals surface area contributed by atoms with Crippen LogP contribution in [0.4, 0.5) is 5.69 Å². The maximum atomic E-state index is 12.4. The van der Waals surface area contributed by atoms with Gasteiger partial charge >= 0.3 is 11.8 Å². The Morgan fingerprint density at radius 3 is 2.52 bits per heavy atom. The molecule has 0 aromatic heterocycles. The fourth-order valence-corrected chi connectivity index (χ4v) is 3.29. The fourth-order valence-electron chi connectivity index (χ4n) is 3.29. The van der Waals surface area contributed by atoms with Crippen LogP contribution in [-0.2, 0) is 14.3 Å². The molecule has 7 nitrogen and oxygen atoms in total. The molecule has 0 unspecified atom stereocenters. The molecule has 2 N–H and O–H groups in total. The first-order valence-electron chi connectivity index (χ1n) is 9.68. The zero-order valence-electron chi connectivity index (χ0n) is 16.8. The maximum absolute atomic E-state index is 12.4. The molecule has 154 valence electrons. The van der Waals surface area contributed by atoms with Crippen LogP contribution in [0.5, 0.6) is 5.75 Å². The molecular weight excluding hydrogens is 370 g/mol. The molecule has 0 aliphatic carbocycles. The van der Waals surface area contributed by atoms with Gasteiger partial charge in [0.2, 0.25) is 0 Å². The van der Waals surface area contributed by atoms with E-state index in [0.717, 1.165) is 30.0 Å². The summed E-state index contributed by atoms with van der Waals surface area (Å²) in [6.07, 6.45) is 0. The summed E-state index contributed by atoms with van der Waals surface area (Å²) in [6, 6.07) is 15.0. The lowest BCUT2D eigenvalue weighted by molar-refractivity contribution is -0.136. The number of methoxy groups -OCH3 is 1. The van der Waals surface area contributed by atoms with Gasteiger partial charge in [0, 0.05) is 25.3 Å². The van der Waals surface area contributed by atoms with Crippen molar-refractivity contribution in [3.63, 3.8) is 0 Å². The minimum Gasteiger partial charge on any atom is -0.497 e. The molecule has 29 heavy (non-hydrogen) atoms. The third kappa shape index (κ3) is 5.79. The van der Waals surface area contributed by atoms with E-state index in [9.17, 15) is 9.59 Å². The molecular formula is C22H27N3O4. The molecule has 1 heterocycles. The van der Waals surface area contributed by atoms with E-state index in [-0.39, 0.29) is 6.04 Å². The molecule has 1 saturated heterocycles. The number of ether oxygens (including phenoxy) is 2. The standard InChI is InChI=1S/C22H27N3O4/c1-16-6-8-18(9-7-16)24-22(27)21(26)23-15-20(25-10-12-29-13-11-25)17-4-3-5-19(14-17)28-2/h3-9,14,20H,10-13,15H2,1-2H3,(H,23,26)(H,24,27)/t20-/m1/s1. The molecule has 1 atom stereocenters. The van der Waals surface area contributed by atoms with Gasteiger partial charge in [0.15, 0.2) is 0 Å². The van der Waals surface area contributed by atoms with Crippen molar-refractivity contribution < 1.29 is 19.1 Å². The molecule has 7 heteroatoms. The number of nitrogens with one attached hydrogen (secondary N) is 2. The summed E-state index contributed by atoms with van der Waals surface area (Å²) in [5, 5.41) is 5.40. The average molecular weight is 397 g/mol. The quantitative estimate of drug-likeness (QED) is 0.730. The molecule has 2 amide bonds. The topological polar surface area (TPSA) is 79.9 Å². The first kappa shape index (κ1) is 20.8. The van der Waals surface area contributed by atoms with E-state index >= 15 is 0 Å². The Kier molecular flexibility index (Phi) is 7.21. The van der Waals surface area contributed by atoms with Gasteiger partial charge in [-0.3, -0.25) is 14.5 Å². The maximum Gasteiger partial charge on any atom is 0.313 e. The van der Waals surface area contributed by atoms with E-state index in [1.165, 1.54) is 0 Å². The molecule has 0 radical (unpaired) electrons. The normalized spacial score (nSPS) is 15.4. The van der Waals surface area contributed by atoms with Crippen LogP contribution in [0.2, 0.25) is 0 Å². The van der Waals surface area contributed by atoms with Gasteiger partial charge in [0.1, 0.15) is 5.75 Å². The van der Waals surface area contributed by atoms with Crippen LogP contribution in [0.3, 0.4) is 0 Å². The van der Waals surface area contributed by atoms with Crippen molar-refractivity contribution >= 4 is 17.5 Å². The van der Waals surface area contributed by atoms with E-state index in [1.807, 2.05) is 43.3 Å². The van der Waals surface area contributed by atoms with Crippen LogP contribution < -0.4 is 15.4 Å². The predicted octanol–water partition coefficient (Wildman–Crippen LogP) is 2.13. The monoisotopic (exact) mass is 397 g/mol. The summed E-state index contributed by atoms with van der Waals surface area (Å²) in [7, 11) is 1.63. The van der Waals surface area contributed by atoms with Crippen LogP contribution in [0.25, 0.3) is 0 Å². The van der Waals surface area contributed by atoms with Crippen LogP contribution in [0.1, 0.15) is 17.2 Å². The summed E-state index contributed by atoms with van der Waals surface area (Å²) < 4.78 is 10.8. The van der Waals surface area contributed by atoms with Crippen molar-refractivity contribution in [2.75, 3.05) is 45.3 Å². The summed E-state index contributed by atoms with van der Waals surface area (Å²) in [5.74, 6) is -0.587. The Hall–Kier alpha value is -2.90. The van der Waals surface area contributed by atoms with Gasteiger partial charge in [-0.1, -0.05) is 29.8 Å². The number of carbonyl (C=O) groups excluding carboxylic acids is 2. The third-order valence-electron chi connectivity index (χ3n) is 4.94. The van der Waals surface area contributed by atoms with Crippen molar-refractivity contribution in [2.24, 2.45) is 0 Å². The number of rotatable bonds is 6. The second-order valence-electron chi connectivity index (χ2n) is 6.97. The smallest absolute Gasteiger partial charge is 0.313 e. The number of morpholine rings is 1. The lowest BCUT2D eigenvalue weighted by Crippen LogP contribution is -2.45. The van der Waals surface area contributed by atoms with Crippen molar-refractivity contribution in [1.82, 2.24) is 10.2 Å². The van der Waals surface area contributed by atoms with Crippen LogP contribution >= 0.6 is 0 Å². The van der Waals surface area contributed by atoms with E-state index in [1.54, 1.807) is 19.2 Å². The van der Waals surface area contributed by atoms with E-state index in [0.29, 0.717) is 25.4 Å². The van der Waals surface area contributed by atoms with Crippen LogP contribution in [-0.4, -0.2) is 56.7 Å². The lowest BCUT2D eigenvalue weighted by Gasteiger charge is -2.35. The van der Waals surface area contributed by atoms with Gasteiger partial charge in [0.25, 0.3) is 0 Å². The average Bonchev–Trinajstić information content (AvgIpc) is 2.76. The third-order valence-corrected chi connectivity index (χ3v) is 4.94. The first-order chi connectivity index (χ1) is 14.1.